The van der Waals surface area contributed by atoms with Crippen molar-refractivity contribution in [3.8, 4) is 0 Å². The van der Waals surface area contributed by atoms with Crippen molar-refractivity contribution in [2.75, 3.05) is 0 Å². The Labute approximate surface area is 52.9 Å². The molecular formula is F6LiSi-. The minimum Gasteiger partial charge on any atom is 1.00 e. The third-order valence-electron chi connectivity index (χ3n) is 0. The first kappa shape index (κ1) is 11.2. The SMILES string of the molecule is F[Si-2](F)(F)(F)(F)F.[Li+]. The molecule has 0 spiro atoms. The van der Waals surface area contributed by atoms with Crippen molar-refractivity contribution in [2.45, 2.75) is 0 Å². The van der Waals surface area contributed by atoms with Crippen molar-refractivity contribution in [3.05, 3.63) is 0 Å². The van der Waals surface area contributed by atoms with Crippen LogP contribution in [0.25, 0.3) is 0 Å². The summed E-state index contributed by atoms with van der Waals surface area (Å²) in [5.74, 6) is 0. The molecule has 0 aromatic carbocycles. The Morgan fingerprint density at radius 3 is 0.625 bits per heavy atom. The van der Waals surface area contributed by atoms with Gasteiger partial charge in [-0.1, -0.05) is 0 Å². The van der Waals surface area contributed by atoms with Crippen LogP contribution in [0.1, 0.15) is 0 Å². The van der Waals surface area contributed by atoms with Crippen LogP contribution in [-0.2, 0) is 0 Å². The maximum atomic E-state index is 9.88. The second kappa shape index (κ2) is 1.28. The molecule has 8 heteroatoms. The molecule has 0 aliphatic carbocycles. The summed E-state index contributed by atoms with van der Waals surface area (Å²) >= 11 is 0. The zero-order valence-corrected chi connectivity index (χ0v) is 4.77. The fraction of sp³-hybridized carbons (Fsp3) is 0. The first-order valence-corrected chi connectivity index (χ1v) is 3.40. The maximum Gasteiger partial charge on any atom is 1.00 e. The Morgan fingerprint density at radius 2 is 0.625 bits per heavy atom. The molecule has 0 heterocycles. The summed E-state index contributed by atoms with van der Waals surface area (Å²) in [7, 11) is -10.8. The summed E-state index contributed by atoms with van der Waals surface area (Å²) < 4.78 is 59.3. The molecule has 0 aliphatic rings. The van der Waals surface area contributed by atoms with Gasteiger partial charge >= 0.3 is 52.1 Å². The van der Waals surface area contributed by atoms with E-state index in [1.165, 1.54) is 0 Å². The van der Waals surface area contributed by atoms with Gasteiger partial charge in [0.05, 0.1) is 0 Å². The molecule has 0 N–H and O–H groups in total. The number of hydrogen-bond donors (Lipinski definition) is 0. The molecule has 0 bridgehead atoms. The predicted octanol–water partition coefficient (Wildman–Crippen LogP) is -0.856. The van der Waals surface area contributed by atoms with E-state index in [1.54, 1.807) is 0 Å². The second-order valence-corrected chi connectivity index (χ2v) is 3.21. The Morgan fingerprint density at radius 1 is 0.625 bits per heavy atom. The van der Waals surface area contributed by atoms with E-state index in [0.717, 1.165) is 0 Å². The molecule has 0 nitrogen and oxygen atoms in total. The predicted molar refractivity (Wildman–Crippen MR) is 12.4 cm³/mol. The topological polar surface area (TPSA) is 0 Å². The van der Waals surface area contributed by atoms with Crippen molar-refractivity contribution < 1.29 is 43.5 Å². The van der Waals surface area contributed by atoms with Crippen molar-refractivity contribution >= 4 is 8.63 Å². The van der Waals surface area contributed by atoms with Gasteiger partial charge in [0.1, 0.15) is 0 Å². The van der Waals surface area contributed by atoms with Crippen LogP contribution in [0.5, 0.6) is 0 Å². The molecule has 0 unspecified atom stereocenters. The van der Waals surface area contributed by atoms with E-state index in [9.17, 15) is 24.6 Å². The molecule has 0 aromatic heterocycles. The molecule has 0 aliphatic heterocycles. The Bertz CT molecular complexity index is 67.1. The van der Waals surface area contributed by atoms with Gasteiger partial charge < -0.3 is 0 Å². The van der Waals surface area contributed by atoms with Gasteiger partial charge in [-0.15, -0.1) is 0 Å². The summed E-state index contributed by atoms with van der Waals surface area (Å²) in [5, 5.41) is 0. The molecule has 0 amide bonds. The van der Waals surface area contributed by atoms with Gasteiger partial charge in [-0.05, 0) is 0 Å². The van der Waals surface area contributed by atoms with Crippen molar-refractivity contribution in [1.82, 2.24) is 0 Å². The minimum atomic E-state index is -10.8. The Kier molecular flexibility index (Phi) is 1.79. The van der Waals surface area contributed by atoms with E-state index in [4.69, 9.17) is 0 Å². The van der Waals surface area contributed by atoms with Gasteiger partial charge in [-0.3, -0.25) is 0 Å². The summed E-state index contributed by atoms with van der Waals surface area (Å²) in [6, 6.07) is 0. The van der Waals surface area contributed by atoms with Crippen LogP contribution < -0.4 is 18.9 Å². The Balaban J connectivity index is 0. The van der Waals surface area contributed by atoms with E-state index in [0.29, 0.717) is 0 Å². The maximum absolute atomic E-state index is 10.8. The third kappa shape index (κ3) is 1200. The van der Waals surface area contributed by atoms with Gasteiger partial charge in [0, 0.05) is 0 Å². The van der Waals surface area contributed by atoms with E-state index in [-0.39, 0.29) is 18.9 Å². The van der Waals surface area contributed by atoms with Gasteiger partial charge in [-0.2, -0.15) is 0 Å². The molecule has 8 heavy (non-hydrogen) atoms. The minimum absolute atomic E-state index is 0. The van der Waals surface area contributed by atoms with E-state index >= 15 is 0 Å². The first-order chi connectivity index (χ1) is 2.45. The normalized spacial score (nSPS) is 20.2. The summed E-state index contributed by atoms with van der Waals surface area (Å²) in [5.41, 5.74) is 0. The van der Waals surface area contributed by atoms with Gasteiger partial charge in [0.25, 0.3) is 0 Å². The average molecular weight is 149 g/mol. The van der Waals surface area contributed by atoms with E-state index in [1.807, 2.05) is 0 Å². The van der Waals surface area contributed by atoms with Crippen LogP contribution in [-0.4, -0.2) is 8.63 Å². The van der Waals surface area contributed by atoms with Gasteiger partial charge in [-0.25, -0.2) is 0 Å². The Hall–Kier alpha value is 0.394. The van der Waals surface area contributed by atoms with Crippen LogP contribution in [0.4, 0.5) is 24.6 Å². The van der Waals surface area contributed by atoms with E-state index in [2.05, 4.69) is 0 Å². The van der Waals surface area contributed by atoms with E-state index < -0.39 is 8.63 Å². The number of halogens is 6. The smallest absolute Gasteiger partial charge is 1.00 e. The van der Waals surface area contributed by atoms with Crippen LogP contribution in [0.2, 0.25) is 0 Å². The standard InChI is InChI=1S/F6Si.Li/c1-7(2,3,4,5)6;/q-2;+1. The molecule has 0 radical (unpaired) electrons. The molecule has 0 fully saturated rings. The zero-order chi connectivity index (χ0) is 6.41. The largest absolute Gasteiger partial charge is 1.00 e. The van der Waals surface area contributed by atoms with Crippen LogP contribution in [0, 0.1) is 0 Å². The van der Waals surface area contributed by atoms with Crippen LogP contribution >= 0.6 is 0 Å². The molecule has 48 valence electrons. The molecule has 0 saturated carbocycles. The van der Waals surface area contributed by atoms with Gasteiger partial charge in [0.15, 0.2) is 0 Å². The van der Waals surface area contributed by atoms with Gasteiger partial charge in [0.2, 0.25) is 0 Å². The quantitative estimate of drug-likeness (QED) is 0.239. The molecule has 0 saturated heterocycles. The summed E-state index contributed by atoms with van der Waals surface area (Å²) in [6.07, 6.45) is 0. The monoisotopic (exact) mass is 149 g/mol. The molecule has 0 rings (SSSR count). The first-order valence-electron chi connectivity index (χ1n) is 1.13. The van der Waals surface area contributed by atoms with Crippen LogP contribution in [0.3, 0.4) is 0 Å². The summed E-state index contributed by atoms with van der Waals surface area (Å²) in [4.78, 5) is 0. The summed E-state index contributed by atoms with van der Waals surface area (Å²) in [6.45, 7) is 0. The zero-order valence-electron chi connectivity index (χ0n) is 3.77. The van der Waals surface area contributed by atoms with Crippen LogP contribution in [0.15, 0.2) is 0 Å². The number of hydrogen-bond acceptors (Lipinski definition) is 0. The molecule has 0 atom stereocenters. The van der Waals surface area contributed by atoms with Crippen molar-refractivity contribution in [1.29, 1.82) is 0 Å². The van der Waals surface area contributed by atoms with Crippen molar-refractivity contribution in [3.63, 3.8) is 0 Å². The van der Waals surface area contributed by atoms with Crippen molar-refractivity contribution in [2.24, 2.45) is 0 Å². The molecular weight excluding hydrogens is 149 g/mol. The molecule has 0 aromatic rings. The third-order valence-corrected chi connectivity index (χ3v) is 0. The second-order valence-electron chi connectivity index (χ2n) is 1.07. The average Bonchev–Trinajstić information content (AvgIpc) is 0.592. The number of rotatable bonds is 0. The fourth-order valence-corrected chi connectivity index (χ4v) is 0. The fourth-order valence-electron chi connectivity index (χ4n) is 0.